The third-order valence-electron chi connectivity index (χ3n) is 4.14. The van der Waals surface area contributed by atoms with Gasteiger partial charge in [0, 0.05) is 30.0 Å². The van der Waals surface area contributed by atoms with Crippen LogP contribution < -0.4 is 0 Å². The van der Waals surface area contributed by atoms with Crippen molar-refractivity contribution in [1.29, 1.82) is 0 Å². The second kappa shape index (κ2) is 7.42. The molecule has 3 rings (SSSR count). The average molecular weight is 327 g/mol. The molecule has 3 nitrogen and oxygen atoms in total. The Bertz CT molecular complexity index is 682. The maximum atomic E-state index is 12.6. The summed E-state index contributed by atoms with van der Waals surface area (Å²) in [6.07, 6.45) is 10.3. The first-order chi connectivity index (χ1) is 11.2. The Morgan fingerprint density at radius 3 is 2.78 bits per heavy atom. The normalized spacial score (nSPS) is 18.3. The molecule has 0 N–H and O–H groups in total. The molecule has 1 aromatic carbocycles. The number of likely N-dealkylation sites (tertiary alicyclic amines) is 1. The van der Waals surface area contributed by atoms with Crippen LogP contribution in [-0.2, 0) is 4.79 Å². The van der Waals surface area contributed by atoms with E-state index in [0.29, 0.717) is 5.02 Å². The third-order valence-corrected chi connectivity index (χ3v) is 4.40. The number of pyridine rings is 1. The standard InChI is InChI=1S/C19H19ClN2O/c20-17-9-6-15(7-10-17)8-11-19(23)22-13-2-1-5-18(22)16-4-3-12-21-14-16/h3-4,6-12,14,18H,1-2,5,13H2. The van der Waals surface area contributed by atoms with E-state index in [0.717, 1.165) is 36.9 Å². The molecule has 1 aliphatic rings. The van der Waals surface area contributed by atoms with Crippen molar-refractivity contribution >= 4 is 23.6 Å². The monoisotopic (exact) mass is 326 g/mol. The largest absolute Gasteiger partial charge is 0.332 e. The first kappa shape index (κ1) is 15.8. The Kier molecular flexibility index (Phi) is 5.09. The van der Waals surface area contributed by atoms with Crippen molar-refractivity contribution in [1.82, 2.24) is 9.88 Å². The predicted molar refractivity (Wildman–Crippen MR) is 93.0 cm³/mol. The van der Waals surface area contributed by atoms with Crippen molar-refractivity contribution in [3.63, 3.8) is 0 Å². The van der Waals surface area contributed by atoms with Crippen molar-refractivity contribution in [2.24, 2.45) is 0 Å². The maximum absolute atomic E-state index is 12.6. The van der Waals surface area contributed by atoms with Crippen molar-refractivity contribution in [3.8, 4) is 0 Å². The van der Waals surface area contributed by atoms with Crippen LogP contribution in [0.15, 0.2) is 54.9 Å². The summed E-state index contributed by atoms with van der Waals surface area (Å²) < 4.78 is 0. The van der Waals surface area contributed by atoms with Gasteiger partial charge in [0.05, 0.1) is 6.04 Å². The van der Waals surface area contributed by atoms with Crippen molar-refractivity contribution in [3.05, 3.63) is 71.0 Å². The minimum absolute atomic E-state index is 0.0495. The number of rotatable bonds is 3. The van der Waals surface area contributed by atoms with Crippen LogP contribution >= 0.6 is 11.6 Å². The summed E-state index contributed by atoms with van der Waals surface area (Å²) in [6, 6.07) is 11.6. The topological polar surface area (TPSA) is 33.2 Å². The number of benzene rings is 1. The highest BCUT2D eigenvalue weighted by Crippen LogP contribution is 2.30. The van der Waals surface area contributed by atoms with Crippen LogP contribution in [0.3, 0.4) is 0 Å². The molecule has 0 spiro atoms. The molecule has 1 saturated heterocycles. The quantitative estimate of drug-likeness (QED) is 0.778. The van der Waals surface area contributed by atoms with E-state index in [-0.39, 0.29) is 11.9 Å². The average Bonchev–Trinajstić information content (AvgIpc) is 2.62. The zero-order valence-electron chi connectivity index (χ0n) is 12.9. The van der Waals surface area contributed by atoms with E-state index in [1.54, 1.807) is 12.3 Å². The second-order valence-corrected chi connectivity index (χ2v) is 6.15. The van der Waals surface area contributed by atoms with Gasteiger partial charge in [-0.3, -0.25) is 9.78 Å². The van der Waals surface area contributed by atoms with Crippen LogP contribution in [0.4, 0.5) is 0 Å². The Balaban J connectivity index is 1.75. The fourth-order valence-corrected chi connectivity index (χ4v) is 3.08. The first-order valence-corrected chi connectivity index (χ1v) is 8.26. The summed E-state index contributed by atoms with van der Waals surface area (Å²) >= 11 is 5.88. The maximum Gasteiger partial charge on any atom is 0.247 e. The molecule has 1 unspecified atom stereocenters. The minimum Gasteiger partial charge on any atom is -0.332 e. The molecule has 1 fully saturated rings. The van der Waals surface area contributed by atoms with E-state index in [2.05, 4.69) is 4.98 Å². The molecular weight excluding hydrogens is 308 g/mol. The summed E-state index contributed by atoms with van der Waals surface area (Å²) in [7, 11) is 0. The Morgan fingerprint density at radius 1 is 1.22 bits per heavy atom. The predicted octanol–water partition coefficient (Wildman–Crippen LogP) is 4.50. The lowest BCUT2D eigenvalue weighted by atomic mass is 9.96. The third kappa shape index (κ3) is 3.99. The number of carbonyl (C=O) groups is 1. The summed E-state index contributed by atoms with van der Waals surface area (Å²) in [4.78, 5) is 18.8. The van der Waals surface area contributed by atoms with Gasteiger partial charge >= 0.3 is 0 Å². The van der Waals surface area contributed by atoms with E-state index in [1.165, 1.54) is 0 Å². The van der Waals surface area contributed by atoms with Gasteiger partial charge in [0.2, 0.25) is 5.91 Å². The molecule has 0 radical (unpaired) electrons. The number of halogens is 1. The van der Waals surface area contributed by atoms with Gasteiger partial charge in [-0.25, -0.2) is 0 Å². The molecule has 4 heteroatoms. The number of nitrogens with zero attached hydrogens (tertiary/aromatic N) is 2. The lowest BCUT2D eigenvalue weighted by molar-refractivity contribution is -0.129. The summed E-state index contributed by atoms with van der Waals surface area (Å²) in [5, 5.41) is 0.696. The van der Waals surface area contributed by atoms with Crippen LogP contribution in [0.1, 0.15) is 36.4 Å². The van der Waals surface area contributed by atoms with Gasteiger partial charge in [0.25, 0.3) is 0 Å². The molecule has 0 aliphatic carbocycles. The molecule has 1 aromatic heterocycles. The van der Waals surface area contributed by atoms with Crippen LogP contribution in [-0.4, -0.2) is 22.3 Å². The highest BCUT2D eigenvalue weighted by atomic mass is 35.5. The fraction of sp³-hybridized carbons (Fsp3) is 0.263. The smallest absolute Gasteiger partial charge is 0.247 e. The fourth-order valence-electron chi connectivity index (χ4n) is 2.95. The molecule has 0 bridgehead atoms. The van der Waals surface area contributed by atoms with Gasteiger partial charge in [0.1, 0.15) is 0 Å². The minimum atomic E-state index is 0.0495. The number of piperidine rings is 1. The first-order valence-electron chi connectivity index (χ1n) is 7.88. The number of hydrogen-bond donors (Lipinski definition) is 0. The highest BCUT2D eigenvalue weighted by Gasteiger charge is 2.26. The van der Waals surface area contributed by atoms with E-state index >= 15 is 0 Å². The van der Waals surface area contributed by atoms with Crippen LogP contribution in [0, 0.1) is 0 Å². The molecule has 1 amide bonds. The molecule has 118 valence electrons. The second-order valence-electron chi connectivity index (χ2n) is 5.71. The molecular formula is C19H19ClN2O. The van der Waals surface area contributed by atoms with E-state index in [1.807, 2.05) is 53.6 Å². The zero-order valence-corrected chi connectivity index (χ0v) is 13.6. The van der Waals surface area contributed by atoms with Crippen molar-refractivity contribution in [2.75, 3.05) is 6.54 Å². The SMILES string of the molecule is O=C(C=Cc1ccc(Cl)cc1)N1CCCCC1c1cccnc1. The lowest BCUT2D eigenvalue weighted by Crippen LogP contribution is -2.37. The number of aromatic nitrogens is 1. The van der Waals surface area contributed by atoms with Gasteiger partial charge in [-0.2, -0.15) is 0 Å². The van der Waals surface area contributed by atoms with Crippen molar-refractivity contribution < 1.29 is 4.79 Å². The van der Waals surface area contributed by atoms with Gasteiger partial charge in [0.15, 0.2) is 0 Å². The number of amides is 1. The lowest BCUT2D eigenvalue weighted by Gasteiger charge is -2.35. The van der Waals surface area contributed by atoms with E-state index in [4.69, 9.17) is 11.6 Å². The van der Waals surface area contributed by atoms with Crippen LogP contribution in [0.25, 0.3) is 6.08 Å². The van der Waals surface area contributed by atoms with Gasteiger partial charge < -0.3 is 4.90 Å². The van der Waals surface area contributed by atoms with E-state index < -0.39 is 0 Å². The Morgan fingerprint density at radius 2 is 2.04 bits per heavy atom. The zero-order chi connectivity index (χ0) is 16.1. The Labute approximate surface area is 141 Å². The Hall–Kier alpha value is -2.13. The molecule has 23 heavy (non-hydrogen) atoms. The molecule has 1 aliphatic heterocycles. The van der Waals surface area contributed by atoms with Gasteiger partial charge in [-0.15, -0.1) is 0 Å². The summed E-state index contributed by atoms with van der Waals surface area (Å²) in [6.45, 7) is 0.795. The molecule has 1 atom stereocenters. The summed E-state index contributed by atoms with van der Waals surface area (Å²) in [5.74, 6) is 0.0495. The number of hydrogen-bond acceptors (Lipinski definition) is 2. The van der Waals surface area contributed by atoms with Crippen LogP contribution in [0.2, 0.25) is 5.02 Å². The highest BCUT2D eigenvalue weighted by molar-refractivity contribution is 6.30. The van der Waals surface area contributed by atoms with E-state index in [9.17, 15) is 4.79 Å². The molecule has 0 saturated carbocycles. The molecule has 2 aromatic rings. The van der Waals surface area contributed by atoms with Gasteiger partial charge in [-0.1, -0.05) is 29.8 Å². The van der Waals surface area contributed by atoms with Crippen molar-refractivity contribution in [2.45, 2.75) is 25.3 Å². The molecule has 2 heterocycles. The van der Waals surface area contributed by atoms with Gasteiger partial charge in [-0.05, 0) is 54.7 Å². The number of carbonyl (C=O) groups excluding carboxylic acids is 1. The summed E-state index contributed by atoms with van der Waals surface area (Å²) in [5.41, 5.74) is 2.08. The van der Waals surface area contributed by atoms with Crippen LogP contribution in [0.5, 0.6) is 0 Å².